The van der Waals surface area contributed by atoms with E-state index in [1.807, 2.05) is 0 Å². The molecule has 10 heteroatoms. The number of nitrogens with one attached hydrogen (secondary N) is 2. The van der Waals surface area contributed by atoms with Crippen LogP contribution in [0.1, 0.15) is 16.8 Å². The Morgan fingerprint density at radius 2 is 2.00 bits per heavy atom. The lowest BCUT2D eigenvalue weighted by atomic mass is 9.90. The Labute approximate surface area is 163 Å². The van der Waals surface area contributed by atoms with Crippen LogP contribution >= 0.6 is 15.9 Å². The highest BCUT2D eigenvalue weighted by molar-refractivity contribution is 9.10. The summed E-state index contributed by atoms with van der Waals surface area (Å²) in [5, 5.41) is 25.1. The van der Waals surface area contributed by atoms with E-state index >= 15 is 0 Å². The average molecular weight is 442 g/mol. The van der Waals surface area contributed by atoms with Gasteiger partial charge < -0.3 is 31.3 Å². The Bertz CT molecular complexity index is 782. The van der Waals surface area contributed by atoms with E-state index in [1.54, 1.807) is 12.1 Å². The zero-order valence-corrected chi connectivity index (χ0v) is 16.0. The Hall–Kier alpha value is -2.43. The van der Waals surface area contributed by atoms with Crippen molar-refractivity contribution in [1.82, 2.24) is 10.6 Å². The van der Waals surface area contributed by atoms with Crippen LogP contribution in [0.3, 0.4) is 0 Å². The maximum Gasteiger partial charge on any atom is 0.253 e. The van der Waals surface area contributed by atoms with Crippen molar-refractivity contribution >= 4 is 33.7 Å². The molecule has 0 spiro atoms. The molecule has 0 saturated heterocycles. The van der Waals surface area contributed by atoms with Gasteiger partial charge in [-0.3, -0.25) is 14.4 Å². The molecule has 9 nitrogen and oxygen atoms in total. The Kier molecular flexibility index (Phi) is 6.94. The van der Waals surface area contributed by atoms with Crippen molar-refractivity contribution in [1.29, 1.82) is 0 Å². The maximum absolute atomic E-state index is 12.6. The number of aliphatic hydroxyl groups is 2. The first-order valence-corrected chi connectivity index (χ1v) is 8.80. The average Bonchev–Trinajstić information content (AvgIpc) is 2.63. The van der Waals surface area contributed by atoms with Gasteiger partial charge in [0.25, 0.3) is 5.91 Å². The van der Waals surface area contributed by atoms with E-state index in [-0.39, 0.29) is 24.1 Å². The van der Waals surface area contributed by atoms with Crippen LogP contribution in [0.25, 0.3) is 0 Å². The topological polar surface area (TPSA) is 151 Å². The van der Waals surface area contributed by atoms with Gasteiger partial charge in [0.15, 0.2) is 0 Å². The van der Waals surface area contributed by atoms with E-state index in [0.29, 0.717) is 10.2 Å². The Morgan fingerprint density at radius 3 is 2.63 bits per heavy atom. The maximum atomic E-state index is 12.6. The second-order valence-corrected chi connectivity index (χ2v) is 6.80. The fraction of sp³-hybridized carbons (Fsp3) is 0.353. The lowest BCUT2D eigenvalue weighted by molar-refractivity contribution is -0.123. The molecule has 0 heterocycles. The number of aliphatic hydroxyl groups excluding tert-OH is 2. The predicted molar refractivity (Wildman–Crippen MR) is 98.9 cm³/mol. The van der Waals surface area contributed by atoms with E-state index in [1.165, 1.54) is 19.3 Å². The van der Waals surface area contributed by atoms with E-state index in [2.05, 4.69) is 26.6 Å². The van der Waals surface area contributed by atoms with Gasteiger partial charge in [0.05, 0.1) is 31.4 Å². The molecule has 0 fully saturated rings. The van der Waals surface area contributed by atoms with E-state index in [0.717, 1.165) is 0 Å². The molecule has 0 aromatic heterocycles. The molecule has 146 valence electrons. The summed E-state index contributed by atoms with van der Waals surface area (Å²) in [6.45, 7) is -0.359. The molecule has 0 radical (unpaired) electrons. The smallest absolute Gasteiger partial charge is 0.253 e. The second kappa shape index (κ2) is 8.98. The number of nitrogens with two attached hydrogens (primary N) is 1. The van der Waals surface area contributed by atoms with Crippen LogP contribution in [0.5, 0.6) is 5.75 Å². The zero-order valence-electron chi connectivity index (χ0n) is 14.4. The molecule has 1 aromatic rings. The Morgan fingerprint density at radius 1 is 1.30 bits per heavy atom. The third kappa shape index (κ3) is 5.28. The van der Waals surface area contributed by atoms with Crippen LogP contribution in [0.15, 0.2) is 34.3 Å². The molecule has 1 aliphatic carbocycles. The first-order valence-electron chi connectivity index (χ1n) is 8.00. The first-order chi connectivity index (χ1) is 12.7. The van der Waals surface area contributed by atoms with E-state index in [4.69, 9.17) is 10.5 Å². The van der Waals surface area contributed by atoms with Crippen molar-refractivity contribution in [3.05, 3.63) is 39.9 Å². The molecule has 3 amide bonds. The van der Waals surface area contributed by atoms with Crippen molar-refractivity contribution in [2.45, 2.75) is 24.7 Å². The molecule has 2 rings (SSSR count). The number of primary amides is 1. The summed E-state index contributed by atoms with van der Waals surface area (Å²) >= 11 is 3.27. The molecule has 3 unspecified atom stereocenters. The van der Waals surface area contributed by atoms with Crippen molar-refractivity contribution in [3.8, 4) is 5.75 Å². The van der Waals surface area contributed by atoms with Crippen molar-refractivity contribution in [2.24, 2.45) is 5.73 Å². The third-order valence-corrected chi connectivity index (χ3v) is 4.69. The number of halogens is 1. The number of rotatable bonds is 6. The van der Waals surface area contributed by atoms with Crippen LogP contribution < -0.4 is 21.1 Å². The number of hydrogen-bond acceptors (Lipinski definition) is 6. The molecular weight excluding hydrogens is 422 g/mol. The van der Waals surface area contributed by atoms with Crippen molar-refractivity contribution in [3.63, 3.8) is 0 Å². The fourth-order valence-corrected chi connectivity index (χ4v) is 3.01. The van der Waals surface area contributed by atoms with Crippen LogP contribution in [-0.2, 0) is 9.59 Å². The van der Waals surface area contributed by atoms with Gasteiger partial charge in [0.1, 0.15) is 11.9 Å². The largest absolute Gasteiger partial charge is 0.497 e. The minimum absolute atomic E-state index is 0.124. The minimum Gasteiger partial charge on any atom is -0.497 e. The number of ether oxygens (including phenoxy) is 1. The number of methoxy groups -OCH3 is 1. The SMILES string of the molecule is COc1ccc(Br)c(C(=O)NC2C=C(C(=O)NCC(N)=O)CC(O)C2O)c1. The van der Waals surface area contributed by atoms with Crippen LogP contribution in [-0.4, -0.2) is 59.8 Å². The van der Waals surface area contributed by atoms with E-state index < -0.39 is 36.0 Å². The highest BCUT2D eigenvalue weighted by Gasteiger charge is 2.34. The summed E-state index contributed by atoms with van der Waals surface area (Å²) < 4.78 is 5.60. The van der Waals surface area contributed by atoms with Gasteiger partial charge in [-0.15, -0.1) is 0 Å². The summed E-state index contributed by atoms with van der Waals surface area (Å²) in [7, 11) is 1.46. The van der Waals surface area contributed by atoms with Crippen LogP contribution in [0, 0.1) is 0 Å². The molecule has 3 atom stereocenters. The number of carbonyl (C=O) groups excluding carboxylic acids is 3. The fourth-order valence-electron chi connectivity index (χ4n) is 2.58. The summed E-state index contributed by atoms with van der Waals surface area (Å²) in [5.74, 6) is -1.39. The van der Waals surface area contributed by atoms with Crippen molar-refractivity contribution < 1.29 is 29.3 Å². The predicted octanol–water partition coefficient (Wildman–Crippen LogP) is -0.790. The highest BCUT2D eigenvalue weighted by Crippen LogP contribution is 2.24. The monoisotopic (exact) mass is 441 g/mol. The number of amides is 3. The summed E-state index contributed by atoms with van der Waals surface area (Å²) in [6, 6.07) is 3.81. The number of carbonyl (C=O) groups is 3. The second-order valence-electron chi connectivity index (χ2n) is 5.95. The quantitative estimate of drug-likeness (QED) is 0.390. The van der Waals surface area contributed by atoms with Gasteiger partial charge in [0, 0.05) is 16.5 Å². The molecule has 6 N–H and O–H groups in total. The van der Waals surface area contributed by atoms with Crippen molar-refractivity contribution in [2.75, 3.05) is 13.7 Å². The van der Waals surface area contributed by atoms with E-state index in [9.17, 15) is 24.6 Å². The highest BCUT2D eigenvalue weighted by atomic mass is 79.9. The lowest BCUT2D eigenvalue weighted by Crippen LogP contribution is -2.51. The van der Waals surface area contributed by atoms with Gasteiger partial charge in [0.2, 0.25) is 11.8 Å². The first kappa shape index (κ1) is 20.9. The standard InChI is InChI=1S/C17H20BrN3O6/c1-27-9-2-3-11(18)10(6-9)17(26)21-12-4-8(5-13(22)15(12)24)16(25)20-7-14(19)23/h2-4,6,12-13,15,22,24H,5,7H2,1H3,(H2,19,23)(H,20,25)(H,21,26). The normalized spacial score (nSPS) is 21.8. The summed E-state index contributed by atoms with van der Waals surface area (Å²) in [4.78, 5) is 35.4. The van der Waals surface area contributed by atoms with Gasteiger partial charge in [-0.25, -0.2) is 0 Å². The summed E-state index contributed by atoms with van der Waals surface area (Å²) in [6.07, 6.45) is -1.34. The van der Waals surface area contributed by atoms with Gasteiger partial charge in [-0.05, 0) is 34.1 Å². The Balaban J connectivity index is 2.19. The minimum atomic E-state index is -1.30. The molecule has 0 aliphatic heterocycles. The van der Waals surface area contributed by atoms with Crippen LogP contribution in [0.2, 0.25) is 0 Å². The van der Waals surface area contributed by atoms with Gasteiger partial charge in [-0.1, -0.05) is 6.08 Å². The number of benzene rings is 1. The lowest BCUT2D eigenvalue weighted by Gasteiger charge is -2.31. The third-order valence-electron chi connectivity index (χ3n) is 4.00. The molecule has 0 saturated carbocycles. The molecule has 27 heavy (non-hydrogen) atoms. The number of hydrogen-bond donors (Lipinski definition) is 5. The van der Waals surface area contributed by atoms with Crippen LogP contribution in [0.4, 0.5) is 0 Å². The molecular formula is C17H20BrN3O6. The molecule has 1 aromatic carbocycles. The molecule has 1 aliphatic rings. The van der Waals surface area contributed by atoms with Gasteiger partial charge >= 0.3 is 0 Å². The molecule has 0 bridgehead atoms. The zero-order chi connectivity index (χ0) is 20.1. The summed E-state index contributed by atoms with van der Waals surface area (Å²) in [5.41, 5.74) is 5.37. The van der Waals surface area contributed by atoms with Gasteiger partial charge in [-0.2, -0.15) is 0 Å².